The van der Waals surface area contributed by atoms with E-state index in [1.807, 2.05) is 36.4 Å². The number of carbonyl (C=O) groups is 1. The Labute approximate surface area is 189 Å². The highest BCUT2D eigenvalue weighted by atomic mass is 16.5. The van der Waals surface area contributed by atoms with Crippen LogP contribution in [-0.4, -0.2) is 13.0 Å². The number of benzene rings is 3. The van der Waals surface area contributed by atoms with Gasteiger partial charge in [-0.25, -0.2) is 4.79 Å². The van der Waals surface area contributed by atoms with Gasteiger partial charge in [0.05, 0.1) is 12.8 Å². The topological polar surface area (TPSA) is 81.7 Å². The van der Waals surface area contributed by atoms with Gasteiger partial charge in [-0.1, -0.05) is 31.2 Å². The maximum atomic E-state index is 13.1. The number of hydrogen-bond acceptors (Lipinski definition) is 5. The molecule has 0 aliphatic carbocycles. The molecular weight excluding hydrogens is 418 g/mol. The highest BCUT2D eigenvalue weighted by Crippen LogP contribution is 2.40. The fourth-order valence-electron chi connectivity index (χ4n) is 3.93. The molecule has 0 saturated heterocycles. The fraction of sp³-hybridized carbons (Fsp3) is 0.111. The van der Waals surface area contributed by atoms with Crippen molar-refractivity contribution in [3.8, 4) is 17.1 Å². The van der Waals surface area contributed by atoms with Crippen molar-refractivity contribution >= 4 is 33.5 Å². The molecule has 6 heteroatoms. The van der Waals surface area contributed by atoms with Crippen LogP contribution in [0.4, 0.5) is 5.69 Å². The second-order valence-corrected chi connectivity index (χ2v) is 7.65. The number of para-hydroxylation sites is 1. The van der Waals surface area contributed by atoms with Gasteiger partial charge in [0.2, 0.25) is 0 Å². The van der Waals surface area contributed by atoms with E-state index in [4.69, 9.17) is 13.6 Å². The summed E-state index contributed by atoms with van der Waals surface area (Å²) in [4.78, 5) is 25.5. The van der Waals surface area contributed by atoms with E-state index in [1.54, 1.807) is 37.4 Å². The molecular formula is C27H21NO5. The van der Waals surface area contributed by atoms with Crippen LogP contribution in [0.25, 0.3) is 33.3 Å². The van der Waals surface area contributed by atoms with Crippen molar-refractivity contribution in [3.05, 3.63) is 94.3 Å². The molecule has 0 atom stereocenters. The molecule has 1 amide bonds. The quantitative estimate of drug-likeness (QED) is 0.338. The minimum absolute atomic E-state index is 0.316. The van der Waals surface area contributed by atoms with E-state index >= 15 is 0 Å². The number of carbonyl (C=O) groups excluding carboxylic acids is 1. The number of rotatable bonds is 5. The van der Waals surface area contributed by atoms with Crippen molar-refractivity contribution in [1.82, 2.24) is 0 Å². The lowest BCUT2D eigenvalue weighted by atomic mass is 10.0. The normalized spacial score (nSPS) is 11.1. The number of ether oxygens (including phenoxy) is 1. The Morgan fingerprint density at radius 2 is 1.73 bits per heavy atom. The van der Waals surface area contributed by atoms with Crippen LogP contribution in [0.1, 0.15) is 22.8 Å². The van der Waals surface area contributed by atoms with Crippen LogP contribution in [0.15, 0.2) is 86.4 Å². The molecule has 5 aromatic rings. The smallest absolute Gasteiger partial charge is 0.336 e. The predicted molar refractivity (Wildman–Crippen MR) is 128 cm³/mol. The SMILES string of the molecule is CCc1ccc2oc(=O)cc(-c3oc4ccccc4c3NC(=O)c3cccc(OC)c3)c2c1. The molecule has 33 heavy (non-hydrogen) atoms. The number of amides is 1. The zero-order chi connectivity index (χ0) is 22.9. The molecule has 0 spiro atoms. The Morgan fingerprint density at radius 3 is 2.55 bits per heavy atom. The molecule has 0 radical (unpaired) electrons. The summed E-state index contributed by atoms with van der Waals surface area (Å²) in [5.41, 5.74) is 3.15. The third kappa shape index (κ3) is 3.76. The standard InChI is InChI=1S/C27H21NO5/c1-3-16-11-12-23-20(13-16)21(15-24(29)32-23)26-25(19-9-4-5-10-22(19)33-26)28-27(30)17-7-6-8-18(14-17)31-2/h4-15H,3H2,1-2H3,(H,28,30). The molecule has 0 unspecified atom stereocenters. The highest BCUT2D eigenvalue weighted by Gasteiger charge is 2.22. The molecule has 2 heterocycles. The molecule has 0 fully saturated rings. The summed E-state index contributed by atoms with van der Waals surface area (Å²) < 4.78 is 16.8. The van der Waals surface area contributed by atoms with Crippen LogP contribution < -0.4 is 15.7 Å². The number of fused-ring (bicyclic) bond motifs is 2. The highest BCUT2D eigenvalue weighted by molar-refractivity contribution is 6.13. The molecule has 1 N–H and O–H groups in total. The van der Waals surface area contributed by atoms with Gasteiger partial charge in [0.15, 0.2) is 5.76 Å². The predicted octanol–water partition coefficient (Wildman–Crippen LogP) is 6.03. The van der Waals surface area contributed by atoms with E-state index in [0.29, 0.717) is 39.5 Å². The van der Waals surface area contributed by atoms with Crippen LogP contribution in [-0.2, 0) is 6.42 Å². The Balaban J connectivity index is 1.71. The molecule has 6 nitrogen and oxygen atoms in total. The lowest BCUT2D eigenvalue weighted by molar-refractivity contribution is 0.102. The van der Waals surface area contributed by atoms with E-state index in [2.05, 4.69) is 12.2 Å². The number of nitrogens with one attached hydrogen (secondary N) is 1. The third-order valence-corrected chi connectivity index (χ3v) is 5.63. The minimum atomic E-state index is -0.493. The van der Waals surface area contributed by atoms with Gasteiger partial charge in [-0.05, 0) is 54.4 Å². The molecule has 0 aliphatic heterocycles. The lowest BCUT2D eigenvalue weighted by Gasteiger charge is -2.09. The summed E-state index contributed by atoms with van der Waals surface area (Å²) in [5.74, 6) is 0.667. The van der Waals surface area contributed by atoms with E-state index in [1.165, 1.54) is 6.07 Å². The summed E-state index contributed by atoms with van der Waals surface area (Å²) in [7, 11) is 1.55. The summed E-state index contributed by atoms with van der Waals surface area (Å²) >= 11 is 0. The molecule has 0 bridgehead atoms. The van der Waals surface area contributed by atoms with Crippen molar-refractivity contribution in [3.63, 3.8) is 0 Å². The maximum absolute atomic E-state index is 13.1. The van der Waals surface area contributed by atoms with Gasteiger partial charge in [0, 0.05) is 28.0 Å². The van der Waals surface area contributed by atoms with Crippen molar-refractivity contribution in [2.24, 2.45) is 0 Å². The molecule has 3 aromatic carbocycles. The zero-order valence-electron chi connectivity index (χ0n) is 18.2. The average Bonchev–Trinajstić information content (AvgIpc) is 3.21. The van der Waals surface area contributed by atoms with Crippen molar-refractivity contribution in [2.75, 3.05) is 12.4 Å². The van der Waals surface area contributed by atoms with Gasteiger partial charge in [-0.15, -0.1) is 0 Å². The van der Waals surface area contributed by atoms with Gasteiger partial charge in [-0.2, -0.15) is 0 Å². The second kappa shape index (κ2) is 8.31. The van der Waals surface area contributed by atoms with Crippen molar-refractivity contribution < 1.29 is 18.4 Å². The van der Waals surface area contributed by atoms with E-state index in [9.17, 15) is 9.59 Å². The van der Waals surface area contributed by atoms with E-state index in [-0.39, 0.29) is 5.91 Å². The van der Waals surface area contributed by atoms with Gasteiger partial charge in [0.25, 0.3) is 5.91 Å². The van der Waals surface area contributed by atoms with Gasteiger partial charge >= 0.3 is 5.63 Å². The molecule has 164 valence electrons. The lowest BCUT2D eigenvalue weighted by Crippen LogP contribution is -2.12. The van der Waals surface area contributed by atoms with Gasteiger partial charge in [-0.3, -0.25) is 4.79 Å². The average molecular weight is 439 g/mol. The van der Waals surface area contributed by atoms with Crippen molar-refractivity contribution in [2.45, 2.75) is 13.3 Å². The number of anilines is 1. The van der Waals surface area contributed by atoms with Gasteiger partial charge in [0.1, 0.15) is 16.9 Å². The minimum Gasteiger partial charge on any atom is -0.497 e. The Bertz CT molecular complexity index is 1560. The Morgan fingerprint density at radius 1 is 0.909 bits per heavy atom. The summed E-state index contributed by atoms with van der Waals surface area (Å²) in [5, 5.41) is 4.47. The molecule has 5 rings (SSSR count). The summed E-state index contributed by atoms with van der Waals surface area (Å²) in [6.45, 7) is 2.06. The monoisotopic (exact) mass is 439 g/mol. The van der Waals surface area contributed by atoms with E-state index in [0.717, 1.165) is 22.8 Å². The largest absolute Gasteiger partial charge is 0.497 e. The second-order valence-electron chi connectivity index (χ2n) is 7.65. The number of hydrogen-bond donors (Lipinski definition) is 1. The Kier molecular flexibility index (Phi) is 5.18. The van der Waals surface area contributed by atoms with Crippen LogP contribution >= 0.6 is 0 Å². The molecule has 0 saturated carbocycles. The van der Waals surface area contributed by atoms with Crippen molar-refractivity contribution in [1.29, 1.82) is 0 Å². The van der Waals surface area contributed by atoms with E-state index < -0.39 is 5.63 Å². The first-order chi connectivity index (χ1) is 16.1. The van der Waals surface area contributed by atoms with Crippen LogP contribution in [0.2, 0.25) is 0 Å². The first-order valence-corrected chi connectivity index (χ1v) is 10.6. The molecule has 2 aromatic heterocycles. The molecule has 0 aliphatic rings. The Hall–Kier alpha value is -4.32. The summed E-state index contributed by atoms with van der Waals surface area (Å²) in [6.07, 6.45) is 0.827. The van der Waals surface area contributed by atoms with Crippen LogP contribution in [0.5, 0.6) is 5.75 Å². The maximum Gasteiger partial charge on any atom is 0.336 e. The first-order valence-electron chi connectivity index (χ1n) is 10.6. The summed E-state index contributed by atoms with van der Waals surface area (Å²) in [6, 6.07) is 21.4. The zero-order valence-corrected chi connectivity index (χ0v) is 18.2. The number of aryl methyl sites for hydroxylation is 1. The number of furan rings is 1. The van der Waals surface area contributed by atoms with Crippen LogP contribution in [0, 0.1) is 0 Å². The van der Waals surface area contributed by atoms with Gasteiger partial charge < -0.3 is 18.9 Å². The number of methoxy groups -OCH3 is 1. The fourth-order valence-corrected chi connectivity index (χ4v) is 3.93. The van der Waals surface area contributed by atoms with Crippen LogP contribution in [0.3, 0.4) is 0 Å². The third-order valence-electron chi connectivity index (χ3n) is 5.63. The first kappa shape index (κ1) is 20.6.